The molecular weight excluding hydrogens is 304 g/mol. The summed E-state index contributed by atoms with van der Waals surface area (Å²) in [5.74, 6) is -0.827. The fraction of sp³-hybridized carbons (Fsp3) is 0.538. The Morgan fingerprint density at radius 1 is 1.45 bits per heavy atom. The number of hydrogen-bond donors (Lipinski definition) is 1. The van der Waals surface area contributed by atoms with Crippen LogP contribution in [0.15, 0.2) is 12.1 Å². The van der Waals surface area contributed by atoms with E-state index in [1.54, 1.807) is 13.8 Å². The minimum absolute atomic E-state index is 0.135. The Balaban J connectivity index is 2.86. The molecule has 0 spiro atoms. The van der Waals surface area contributed by atoms with Gasteiger partial charge in [-0.2, -0.15) is 0 Å². The van der Waals surface area contributed by atoms with Gasteiger partial charge in [0.25, 0.3) is 0 Å². The number of nitrogens with one attached hydrogen (secondary N) is 1. The highest BCUT2D eigenvalue weighted by Crippen LogP contribution is 2.36. The number of benzene rings is 1. The maximum atomic E-state index is 13.7. The molecule has 0 radical (unpaired) electrons. The molecule has 0 bridgehead atoms. The van der Waals surface area contributed by atoms with E-state index in [9.17, 15) is 8.96 Å². The molecule has 2 unspecified atom stereocenters. The number of hydrogen-bond acceptors (Lipinski definition) is 4. The van der Waals surface area contributed by atoms with Crippen LogP contribution in [0.1, 0.15) is 27.2 Å². The van der Waals surface area contributed by atoms with Crippen LogP contribution in [0.25, 0.3) is 0 Å². The van der Waals surface area contributed by atoms with E-state index in [4.69, 9.17) is 20.9 Å². The molecular formula is C13H19ClFNO3P+. The van der Waals surface area contributed by atoms with Crippen LogP contribution in [-0.2, 0) is 9.09 Å². The van der Waals surface area contributed by atoms with Crippen molar-refractivity contribution in [1.82, 2.24) is 0 Å². The number of ether oxygens (including phenoxy) is 1. The van der Waals surface area contributed by atoms with Gasteiger partial charge >= 0.3 is 13.9 Å². The predicted octanol–water partition coefficient (Wildman–Crippen LogP) is 4.80. The maximum absolute atomic E-state index is 13.7. The second-order valence-corrected chi connectivity index (χ2v) is 6.07. The molecule has 0 saturated heterocycles. The highest BCUT2D eigenvalue weighted by molar-refractivity contribution is 7.39. The largest absolute Gasteiger partial charge is 0.553 e. The molecule has 0 amide bonds. The maximum Gasteiger partial charge on any atom is 0.553 e. The van der Waals surface area contributed by atoms with Crippen LogP contribution in [0.5, 0.6) is 5.75 Å². The van der Waals surface area contributed by atoms with Gasteiger partial charge < -0.3 is 10.1 Å². The molecule has 1 aromatic rings. The van der Waals surface area contributed by atoms with E-state index in [0.29, 0.717) is 18.8 Å². The van der Waals surface area contributed by atoms with E-state index < -0.39 is 19.7 Å². The van der Waals surface area contributed by atoms with Crippen LogP contribution in [-0.4, -0.2) is 19.0 Å². The first-order chi connectivity index (χ1) is 9.49. The van der Waals surface area contributed by atoms with E-state index in [2.05, 4.69) is 5.32 Å². The van der Waals surface area contributed by atoms with Crippen molar-refractivity contribution < 1.29 is 18.2 Å². The molecule has 0 fully saturated rings. The fourth-order valence-corrected chi connectivity index (χ4v) is 2.33. The van der Waals surface area contributed by atoms with Gasteiger partial charge in [0.2, 0.25) is 0 Å². The van der Waals surface area contributed by atoms with Crippen LogP contribution in [0.3, 0.4) is 0 Å². The van der Waals surface area contributed by atoms with Crippen molar-refractivity contribution in [2.75, 3.05) is 18.5 Å². The average molecular weight is 323 g/mol. The van der Waals surface area contributed by atoms with E-state index >= 15 is 0 Å². The Morgan fingerprint density at radius 3 is 2.75 bits per heavy atom. The summed E-state index contributed by atoms with van der Waals surface area (Å²) in [4.78, 5) is 0. The van der Waals surface area contributed by atoms with Crippen LogP contribution in [0, 0.1) is 5.82 Å². The lowest BCUT2D eigenvalue weighted by Crippen LogP contribution is -2.09. The summed E-state index contributed by atoms with van der Waals surface area (Å²) in [6.07, 6.45) is 0.866. The van der Waals surface area contributed by atoms with Gasteiger partial charge in [-0.05, 0) is 24.0 Å². The first-order valence-electron chi connectivity index (χ1n) is 6.48. The van der Waals surface area contributed by atoms with Crippen molar-refractivity contribution in [1.29, 1.82) is 0 Å². The van der Waals surface area contributed by atoms with Gasteiger partial charge in [-0.15, -0.1) is 4.52 Å². The predicted molar refractivity (Wildman–Crippen MR) is 79.5 cm³/mol. The molecule has 0 aliphatic rings. The molecule has 1 aromatic carbocycles. The minimum atomic E-state index is -1.95. The first kappa shape index (κ1) is 17.2. The Labute approximate surface area is 124 Å². The average Bonchev–Trinajstić information content (AvgIpc) is 2.40. The summed E-state index contributed by atoms with van der Waals surface area (Å²) >= 11 is 5.93. The Morgan fingerprint density at radius 2 is 2.15 bits per heavy atom. The van der Waals surface area contributed by atoms with E-state index in [0.717, 1.165) is 6.42 Å². The quantitative estimate of drug-likeness (QED) is 0.698. The fourth-order valence-electron chi connectivity index (χ4n) is 1.47. The van der Waals surface area contributed by atoms with Crippen LogP contribution >= 0.6 is 19.6 Å². The van der Waals surface area contributed by atoms with Crippen LogP contribution < -0.4 is 10.1 Å². The van der Waals surface area contributed by atoms with E-state index in [-0.39, 0.29) is 10.8 Å². The second-order valence-electron chi connectivity index (χ2n) is 4.11. The zero-order chi connectivity index (χ0) is 15.1. The van der Waals surface area contributed by atoms with Crippen molar-refractivity contribution in [2.45, 2.75) is 33.0 Å². The zero-order valence-corrected chi connectivity index (χ0v) is 13.4. The molecule has 112 valence electrons. The van der Waals surface area contributed by atoms with Crippen LogP contribution in [0.2, 0.25) is 5.02 Å². The van der Waals surface area contributed by atoms with E-state index in [1.165, 1.54) is 12.1 Å². The molecule has 0 saturated carbocycles. The first-order valence-corrected chi connectivity index (χ1v) is 8.10. The van der Waals surface area contributed by atoms with Crippen molar-refractivity contribution in [2.24, 2.45) is 0 Å². The summed E-state index contributed by atoms with van der Waals surface area (Å²) in [6.45, 7) is 6.32. The molecule has 1 N–H and O–H groups in total. The van der Waals surface area contributed by atoms with Gasteiger partial charge in [0.15, 0.2) is 0 Å². The molecule has 2 atom stereocenters. The molecule has 0 heterocycles. The summed E-state index contributed by atoms with van der Waals surface area (Å²) in [5.41, 5.74) is 0.310. The van der Waals surface area contributed by atoms with Gasteiger partial charge in [0, 0.05) is 19.5 Å². The molecule has 0 aliphatic carbocycles. The highest BCUT2D eigenvalue weighted by Gasteiger charge is 2.30. The number of halogens is 2. The molecule has 4 nitrogen and oxygen atoms in total. The molecule has 0 aromatic heterocycles. The SMILES string of the molecule is CCCNc1cc(OC(C)[P+](=O)OCC)c(Cl)cc1F. The third-order valence-electron chi connectivity index (χ3n) is 2.44. The number of anilines is 1. The lowest BCUT2D eigenvalue weighted by atomic mass is 10.2. The van der Waals surface area contributed by atoms with Crippen LogP contribution in [0.4, 0.5) is 10.1 Å². The van der Waals surface area contributed by atoms with Crippen molar-refractivity contribution >= 4 is 25.3 Å². The molecule has 7 heteroatoms. The summed E-state index contributed by atoms with van der Waals surface area (Å²) in [7, 11) is -1.95. The van der Waals surface area contributed by atoms with Gasteiger partial charge in [-0.3, -0.25) is 0 Å². The number of rotatable bonds is 8. The Bertz CT molecular complexity index is 473. The van der Waals surface area contributed by atoms with Gasteiger partial charge in [0.05, 0.1) is 17.3 Å². The summed E-state index contributed by atoms with van der Waals surface area (Å²) < 4.78 is 35.8. The van der Waals surface area contributed by atoms with E-state index in [1.807, 2.05) is 6.92 Å². The van der Waals surface area contributed by atoms with Crippen molar-refractivity contribution in [3.05, 3.63) is 23.0 Å². The van der Waals surface area contributed by atoms with Crippen molar-refractivity contribution in [3.63, 3.8) is 0 Å². The summed E-state index contributed by atoms with van der Waals surface area (Å²) in [5, 5.41) is 3.08. The minimum Gasteiger partial charge on any atom is -0.443 e. The lowest BCUT2D eigenvalue weighted by molar-refractivity contribution is 0.255. The molecule has 0 aliphatic heterocycles. The molecule has 20 heavy (non-hydrogen) atoms. The molecule has 1 rings (SSSR count). The van der Waals surface area contributed by atoms with Crippen molar-refractivity contribution in [3.8, 4) is 5.75 Å². The highest BCUT2D eigenvalue weighted by atomic mass is 35.5. The topological polar surface area (TPSA) is 47.6 Å². The Kier molecular flexibility index (Phi) is 7.20. The zero-order valence-electron chi connectivity index (χ0n) is 11.8. The summed E-state index contributed by atoms with van der Waals surface area (Å²) in [6, 6.07) is 2.65. The van der Waals surface area contributed by atoms with Gasteiger partial charge in [-0.25, -0.2) is 4.39 Å². The van der Waals surface area contributed by atoms with Gasteiger partial charge in [-0.1, -0.05) is 18.5 Å². The second kappa shape index (κ2) is 8.40. The normalized spacial score (nSPS) is 12.9. The Hall–Kier alpha value is -0.900. The third kappa shape index (κ3) is 4.89. The standard InChI is InChI=1S/C13H19ClFNO3P/c1-4-6-16-12-8-13(10(14)7-11(12)15)19-9(3)20(17)18-5-2/h7-9,16H,4-6H2,1-3H3/q+1. The van der Waals surface area contributed by atoms with Gasteiger partial charge in [0.1, 0.15) is 11.6 Å². The monoisotopic (exact) mass is 322 g/mol. The third-order valence-corrected chi connectivity index (χ3v) is 3.94. The smallest absolute Gasteiger partial charge is 0.443 e. The lowest BCUT2D eigenvalue weighted by Gasteiger charge is -2.12.